The Labute approximate surface area is 109 Å². The number of fused-ring (bicyclic) bond motifs is 1. The first-order valence-corrected chi connectivity index (χ1v) is 5.79. The highest BCUT2D eigenvalue weighted by Crippen LogP contribution is 2.41. The minimum absolute atomic E-state index is 0.153. The third-order valence-electron chi connectivity index (χ3n) is 2.90. The summed E-state index contributed by atoms with van der Waals surface area (Å²) in [6.07, 6.45) is 0.831. The Hall–Kier alpha value is -1.72. The quantitative estimate of drug-likeness (QED) is 0.902. The number of aromatic nitrogens is 2. The topological polar surface area (TPSA) is 56.5 Å². The van der Waals surface area contributed by atoms with Crippen LogP contribution in [-0.4, -0.2) is 21.7 Å². The molecule has 0 bridgehead atoms. The highest BCUT2D eigenvalue weighted by molar-refractivity contribution is 6.32. The van der Waals surface area contributed by atoms with Gasteiger partial charge in [-0.3, -0.25) is 4.68 Å². The van der Waals surface area contributed by atoms with Crippen molar-refractivity contribution in [1.82, 2.24) is 9.78 Å². The summed E-state index contributed by atoms with van der Waals surface area (Å²) in [6.45, 7) is 0.153. The molecule has 94 valence electrons. The van der Waals surface area contributed by atoms with Gasteiger partial charge in [0.05, 0.1) is 10.7 Å². The van der Waals surface area contributed by atoms with Gasteiger partial charge in [0.1, 0.15) is 6.10 Å². The van der Waals surface area contributed by atoms with E-state index in [1.54, 1.807) is 36.1 Å². The zero-order chi connectivity index (χ0) is 12.7. The third-order valence-corrected chi connectivity index (χ3v) is 3.19. The minimum Gasteiger partial charge on any atom is -0.454 e. The van der Waals surface area contributed by atoms with E-state index in [0.29, 0.717) is 27.8 Å². The molecular weight excluding hydrogens is 256 g/mol. The van der Waals surface area contributed by atoms with Gasteiger partial charge in [-0.1, -0.05) is 11.6 Å². The minimum atomic E-state index is -0.801. The summed E-state index contributed by atoms with van der Waals surface area (Å²) in [7, 11) is 1.77. The number of ether oxygens (including phenoxy) is 2. The first-order chi connectivity index (χ1) is 8.66. The molecule has 0 amide bonds. The molecular formula is C12H11ClN2O3. The molecule has 1 aliphatic rings. The summed E-state index contributed by atoms with van der Waals surface area (Å²) in [5, 5.41) is 14.8. The van der Waals surface area contributed by atoms with Crippen LogP contribution in [0.15, 0.2) is 24.4 Å². The molecule has 1 unspecified atom stereocenters. The fourth-order valence-electron chi connectivity index (χ4n) is 1.97. The molecule has 1 aromatic carbocycles. The first-order valence-electron chi connectivity index (χ1n) is 5.42. The number of nitrogens with zero attached hydrogens (tertiary/aromatic N) is 2. The van der Waals surface area contributed by atoms with E-state index in [9.17, 15) is 5.11 Å². The summed E-state index contributed by atoms with van der Waals surface area (Å²) in [5.74, 6) is 1.08. The van der Waals surface area contributed by atoms with Crippen molar-refractivity contribution >= 4 is 11.6 Å². The highest BCUT2D eigenvalue weighted by atomic mass is 35.5. The van der Waals surface area contributed by atoms with Crippen molar-refractivity contribution in [3.8, 4) is 11.5 Å². The Morgan fingerprint density at radius 3 is 3.00 bits per heavy atom. The lowest BCUT2D eigenvalue weighted by Gasteiger charge is -2.12. The van der Waals surface area contributed by atoms with E-state index in [0.717, 1.165) is 0 Å². The molecule has 1 N–H and O–H groups in total. The van der Waals surface area contributed by atoms with Gasteiger partial charge in [0.25, 0.3) is 0 Å². The van der Waals surface area contributed by atoms with E-state index >= 15 is 0 Å². The van der Waals surface area contributed by atoms with Crippen molar-refractivity contribution in [2.24, 2.45) is 7.05 Å². The number of hydrogen-bond donors (Lipinski definition) is 1. The van der Waals surface area contributed by atoms with E-state index in [-0.39, 0.29) is 6.79 Å². The lowest BCUT2D eigenvalue weighted by molar-refractivity contribution is 0.173. The van der Waals surface area contributed by atoms with Gasteiger partial charge in [0.2, 0.25) is 6.79 Å². The standard InChI is InChI=1S/C12H11ClN2O3/c1-15-9(2-3-14-15)11(16)7-4-8(13)12-10(5-7)17-6-18-12/h2-5,11,16H,6H2,1H3. The largest absolute Gasteiger partial charge is 0.454 e. The maximum Gasteiger partial charge on any atom is 0.231 e. The number of hydrogen-bond acceptors (Lipinski definition) is 4. The van der Waals surface area contributed by atoms with Gasteiger partial charge in [-0.15, -0.1) is 0 Å². The number of benzene rings is 1. The molecule has 0 aliphatic carbocycles. The predicted molar refractivity (Wildman–Crippen MR) is 64.8 cm³/mol. The van der Waals surface area contributed by atoms with Gasteiger partial charge in [-0.2, -0.15) is 5.10 Å². The molecule has 2 aromatic rings. The molecule has 1 atom stereocenters. The number of aliphatic hydroxyl groups excluding tert-OH is 1. The Morgan fingerprint density at radius 1 is 1.44 bits per heavy atom. The van der Waals surface area contributed by atoms with E-state index in [1.807, 2.05) is 0 Å². The average molecular weight is 267 g/mol. The fraction of sp³-hybridized carbons (Fsp3) is 0.250. The summed E-state index contributed by atoms with van der Waals surface area (Å²) in [4.78, 5) is 0. The molecule has 0 spiro atoms. The van der Waals surface area contributed by atoms with Gasteiger partial charge >= 0.3 is 0 Å². The maximum absolute atomic E-state index is 10.3. The van der Waals surface area contributed by atoms with Crippen molar-refractivity contribution in [1.29, 1.82) is 0 Å². The Bertz CT molecular complexity index is 597. The van der Waals surface area contributed by atoms with Crippen LogP contribution in [0.1, 0.15) is 17.4 Å². The second-order valence-corrected chi connectivity index (χ2v) is 4.43. The molecule has 1 aliphatic heterocycles. The van der Waals surface area contributed by atoms with Crippen LogP contribution < -0.4 is 9.47 Å². The molecule has 0 radical (unpaired) electrons. The van der Waals surface area contributed by atoms with Crippen LogP contribution in [-0.2, 0) is 7.05 Å². The summed E-state index contributed by atoms with van der Waals surface area (Å²) in [6, 6.07) is 5.15. The monoisotopic (exact) mass is 266 g/mol. The van der Waals surface area contributed by atoms with Crippen LogP contribution in [0.25, 0.3) is 0 Å². The van der Waals surface area contributed by atoms with Crippen LogP contribution in [0.3, 0.4) is 0 Å². The maximum atomic E-state index is 10.3. The third kappa shape index (κ3) is 1.72. The van der Waals surface area contributed by atoms with Crippen molar-refractivity contribution < 1.29 is 14.6 Å². The highest BCUT2D eigenvalue weighted by Gasteiger charge is 2.22. The van der Waals surface area contributed by atoms with E-state index in [2.05, 4.69) is 5.10 Å². The van der Waals surface area contributed by atoms with Crippen molar-refractivity contribution in [2.45, 2.75) is 6.10 Å². The van der Waals surface area contributed by atoms with Gasteiger partial charge < -0.3 is 14.6 Å². The average Bonchev–Trinajstić information content (AvgIpc) is 2.96. The van der Waals surface area contributed by atoms with Gasteiger partial charge in [-0.25, -0.2) is 0 Å². The van der Waals surface area contributed by atoms with E-state index < -0.39 is 6.10 Å². The van der Waals surface area contributed by atoms with E-state index in [4.69, 9.17) is 21.1 Å². The molecule has 1 aromatic heterocycles. The molecule has 5 nitrogen and oxygen atoms in total. The van der Waals surface area contributed by atoms with Crippen LogP contribution in [0.5, 0.6) is 11.5 Å². The molecule has 2 heterocycles. The van der Waals surface area contributed by atoms with Gasteiger partial charge in [0.15, 0.2) is 11.5 Å². The smallest absolute Gasteiger partial charge is 0.231 e. The number of aliphatic hydroxyl groups is 1. The second kappa shape index (κ2) is 4.19. The molecule has 18 heavy (non-hydrogen) atoms. The van der Waals surface area contributed by atoms with Gasteiger partial charge in [-0.05, 0) is 23.8 Å². The molecule has 0 saturated carbocycles. The van der Waals surface area contributed by atoms with Crippen LogP contribution in [0.2, 0.25) is 5.02 Å². The van der Waals surface area contributed by atoms with Crippen molar-refractivity contribution in [3.05, 3.63) is 40.7 Å². The molecule has 3 rings (SSSR count). The van der Waals surface area contributed by atoms with Crippen LogP contribution in [0.4, 0.5) is 0 Å². The molecule has 6 heteroatoms. The molecule has 0 fully saturated rings. The second-order valence-electron chi connectivity index (χ2n) is 4.02. The summed E-state index contributed by atoms with van der Waals surface area (Å²) < 4.78 is 12.1. The summed E-state index contributed by atoms with van der Waals surface area (Å²) >= 11 is 6.08. The number of aryl methyl sites for hydroxylation is 1. The molecule has 0 saturated heterocycles. The first kappa shape index (κ1) is 11.4. The Balaban J connectivity index is 2.03. The van der Waals surface area contributed by atoms with Crippen molar-refractivity contribution in [3.63, 3.8) is 0 Å². The zero-order valence-electron chi connectivity index (χ0n) is 9.63. The summed E-state index contributed by atoms with van der Waals surface area (Å²) in [5.41, 5.74) is 1.33. The Morgan fingerprint density at radius 2 is 2.28 bits per heavy atom. The Kier molecular flexibility index (Phi) is 2.65. The van der Waals surface area contributed by atoms with E-state index in [1.165, 1.54) is 0 Å². The number of rotatable bonds is 2. The fourth-order valence-corrected chi connectivity index (χ4v) is 2.24. The normalized spacial score (nSPS) is 14.8. The predicted octanol–water partition coefficient (Wildman–Crippen LogP) is 1.88. The van der Waals surface area contributed by atoms with Crippen LogP contribution in [0, 0.1) is 0 Å². The van der Waals surface area contributed by atoms with Crippen LogP contribution >= 0.6 is 11.6 Å². The lowest BCUT2D eigenvalue weighted by atomic mass is 10.1. The van der Waals surface area contributed by atoms with Crippen molar-refractivity contribution in [2.75, 3.05) is 6.79 Å². The van der Waals surface area contributed by atoms with Gasteiger partial charge in [0, 0.05) is 13.2 Å². The SMILES string of the molecule is Cn1nccc1C(O)c1cc(Cl)c2c(c1)OCO2. The number of halogens is 1. The zero-order valence-corrected chi connectivity index (χ0v) is 10.4. The lowest BCUT2D eigenvalue weighted by Crippen LogP contribution is -2.06.